The topological polar surface area (TPSA) is 58.6 Å². The summed E-state index contributed by atoms with van der Waals surface area (Å²) < 4.78 is 5.02. The van der Waals surface area contributed by atoms with E-state index in [0.717, 1.165) is 5.56 Å². The Balaban J connectivity index is 2.52. The van der Waals surface area contributed by atoms with Crippen molar-refractivity contribution < 1.29 is 14.6 Å². The normalized spacial score (nSPS) is 10.8. The van der Waals surface area contributed by atoms with Crippen LogP contribution in [0, 0.1) is 0 Å². The third-order valence-electron chi connectivity index (χ3n) is 2.64. The number of methoxy groups -OCH3 is 1. The van der Waals surface area contributed by atoms with Crippen molar-refractivity contribution in [3.05, 3.63) is 53.6 Å². The number of nitrogens with one attached hydrogen (secondary N) is 1. The second kappa shape index (κ2) is 8.64. The van der Waals surface area contributed by atoms with Crippen molar-refractivity contribution >= 4 is 12.0 Å². The molecule has 0 saturated heterocycles. The van der Waals surface area contributed by atoms with Crippen molar-refractivity contribution in [2.75, 3.05) is 13.7 Å². The summed E-state index contributed by atoms with van der Waals surface area (Å²) in [6.07, 6.45) is 8.66. The molecule has 4 nitrogen and oxygen atoms in total. The second-order valence-corrected chi connectivity index (χ2v) is 4.68. The van der Waals surface area contributed by atoms with Crippen LogP contribution in [0.2, 0.25) is 0 Å². The average Bonchev–Trinajstić information content (AvgIpc) is 2.44. The molecule has 0 aliphatic heterocycles. The van der Waals surface area contributed by atoms with Gasteiger partial charge in [-0.05, 0) is 31.5 Å². The Labute approximate surface area is 125 Å². The van der Waals surface area contributed by atoms with Crippen LogP contribution in [0.5, 0.6) is 11.5 Å². The van der Waals surface area contributed by atoms with Gasteiger partial charge in [-0.25, -0.2) is 0 Å². The minimum atomic E-state index is -0.138. The van der Waals surface area contributed by atoms with Gasteiger partial charge in [-0.2, -0.15) is 0 Å². The quantitative estimate of drug-likeness (QED) is 0.480. The molecule has 0 aliphatic rings. The molecule has 0 atom stereocenters. The Bertz CT molecular complexity index is 567. The van der Waals surface area contributed by atoms with Crippen molar-refractivity contribution in [3.63, 3.8) is 0 Å². The van der Waals surface area contributed by atoms with Gasteiger partial charge in [-0.15, -0.1) is 0 Å². The average molecular weight is 287 g/mol. The standard InChI is InChI=1S/C17H21NO3/c1-13(2)10-11-18-17(20)7-5-4-6-14-8-9-15(19)16(12-14)21-3/h4-10,12,19H,11H2,1-3H3,(H,18,20). The van der Waals surface area contributed by atoms with Crippen molar-refractivity contribution in [2.24, 2.45) is 0 Å². The summed E-state index contributed by atoms with van der Waals surface area (Å²) in [7, 11) is 1.50. The lowest BCUT2D eigenvalue weighted by molar-refractivity contribution is -0.116. The van der Waals surface area contributed by atoms with E-state index in [-0.39, 0.29) is 11.7 Å². The molecule has 21 heavy (non-hydrogen) atoms. The van der Waals surface area contributed by atoms with Crippen LogP contribution in [0.4, 0.5) is 0 Å². The van der Waals surface area contributed by atoms with Crippen LogP contribution >= 0.6 is 0 Å². The molecule has 1 amide bonds. The third-order valence-corrected chi connectivity index (χ3v) is 2.64. The second-order valence-electron chi connectivity index (χ2n) is 4.68. The van der Waals surface area contributed by atoms with Gasteiger partial charge in [0.05, 0.1) is 7.11 Å². The van der Waals surface area contributed by atoms with Gasteiger partial charge in [0.15, 0.2) is 11.5 Å². The number of aromatic hydroxyl groups is 1. The molecule has 0 fully saturated rings. The molecule has 0 heterocycles. The molecule has 112 valence electrons. The first-order chi connectivity index (χ1) is 10.0. The summed E-state index contributed by atoms with van der Waals surface area (Å²) in [6.45, 7) is 4.50. The summed E-state index contributed by atoms with van der Waals surface area (Å²) in [4.78, 5) is 11.5. The minimum Gasteiger partial charge on any atom is -0.504 e. The van der Waals surface area contributed by atoms with Gasteiger partial charge in [0.2, 0.25) is 5.91 Å². The number of ether oxygens (including phenoxy) is 1. The molecule has 4 heteroatoms. The van der Waals surface area contributed by atoms with Crippen LogP contribution in [0.15, 0.2) is 48.1 Å². The molecule has 0 bridgehead atoms. The van der Waals surface area contributed by atoms with Crippen LogP contribution in [0.1, 0.15) is 19.4 Å². The highest BCUT2D eigenvalue weighted by molar-refractivity contribution is 5.88. The molecular formula is C17H21NO3. The van der Waals surface area contributed by atoms with E-state index >= 15 is 0 Å². The van der Waals surface area contributed by atoms with E-state index in [1.807, 2.05) is 26.0 Å². The molecule has 1 aromatic rings. The Kier molecular flexibility index (Phi) is 6.81. The van der Waals surface area contributed by atoms with Gasteiger partial charge in [-0.1, -0.05) is 35.9 Å². The van der Waals surface area contributed by atoms with E-state index in [2.05, 4.69) is 5.32 Å². The Morgan fingerprint density at radius 3 is 2.76 bits per heavy atom. The van der Waals surface area contributed by atoms with Crippen LogP contribution < -0.4 is 10.1 Å². The highest BCUT2D eigenvalue weighted by atomic mass is 16.5. The number of carbonyl (C=O) groups excluding carboxylic acids is 1. The zero-order valence-corrected chi connectivity index (χ0v) is 12.6. The lowest BCUT2D eigenvalue weighted by Crippen LogP contribution is -2.20. The SMILES string of the molecule is COc1cc(C=CC=CC(=O)NCC=C(C)C)ccc1O. The lowest BCUT2D eigenvalue weighted by Gasteiger charge is -2.03. The van der Waals surface area contributed by atoms with Crippen LogP contribution in [0.3, 0.4) is 0 Å². The molecule has 0 aromatic heterocycles. The largest absolute Gasteiger partial charge is 0.504 e. The Morgan fingerprint density at radius 1 is 1.33 bits per heavy atom. The van der Waals surface area contributed by atoms with Gasteiger partial charge < -0.3 is 15.2 Å². The summed E-state index contributed by atoms with van der Waals surface area (Å²) in [5.74, 6) is 0.380. The first kappa shape index (κ1) is 16.6. The number of carbonyl (C=O) groups is 1. The fraction of sp³-hybridized carbons (Fsp3) is 0.235. The zero-order chi connectivity index (χ0) is 15.7. The molecule has 2 N–H and O–H groups in total. The number of amides is 1. The monoisotopic (exact) mass is 287 g/mol. The van der Waals surface area contributed by atoms with Crippen LogP contribution in [-0.2, 0) is 4.79 Å². The number of phenolic OH excluding ortho intramolecular Hbond substituents is 1. The van der Waals surface area contributed by atoms with E-state index in [9.17, 15) is 9.90 Å². The van der Waals surface area contributed by atoms with Crippen molar-refractivity contribution in [3.8, 4) is 11.5 Å². The molecule has 0 aliphatic carbocycles. The maximum absolute atomic E-state index is 11.5. The molecule has 1 aromatic carbocycles. The minimum absolute atomic E-state index is 0.101. The van der Waals surface area contributed by atoms with E-state index in [1.54, 1.807) is 30.4 Å². The van der Waals surface area contributed by atoms with Gasteiger partial charge in [-0.3, -0.25) is 4.79 Å². The van der Waals surface area contributed by atoms with Crippen molar-refractivity contribution in [1.82, 2.24) is 5.32 Å². The highest BCUT2D eigenvalue weighted by Crippen LogP contribution is 2.26. The Morgan fingerprint density at radius 2 is 2.10 bits per heavy atom. The molecule has 0 spiro atoms. The third kappa shape index (κ3) is 6.47. The van der Waals surface area contributed by atoms with E-state index < -0.39 is 0 Å². The van der Waals surface area contributed by atoms with Crippen molar-refractivity contribution in [1.29, 1.82) is 0 Å². The van der Waals surface area contributed by atoms with Crippen molar-refractivity contribution in [2.45, 2.75) is 13.8 Å². The van der Waals surface area contributed by atoms with Gasteiger partial charge >= 0.3 is 0 Å². The Hall–Kier alpha value is -2.49. The number of hydrogen-bond acceptors (Lipinski definition) is 3. The van der Waals surface area contributed by atoms with Gasteiger partial charge in [0.1, 0.15) is 0 Å². The summed E-state index contributed by atoms with van der Waals surface area (Å²) in [5, 5.41) is 12.2. The zero-order valence-electron chi connectivity index (χ0n) is 12.6. The predicted octanol–water partition coefficient (Wildman–Crippen LogP) is 3.05. The maximum Gasteiger partial charge on any atom is 0.244 e. The number of hydrogen-bond donors (Lipinski definition) is 2. The molecule has 0 radical (unpaired) electrons. The number of allylic oxidation sites excluding steroid dienone is 3. The number of phenols is 1. The van der Waals surface area contributed by atoms with E-state index in [0.29, 0.717) is 12.3 Å². The summed E-state index contributed by atoms with van der Waals surface area (Å²) >= 11 is 0. The molecule has 1 rings (SSSR count). The molecule has 0 unspecified atom stereocenters. The van der Waals surface area contributed by atoms with Crippen LogP contribution in [-0.4, -0.2) is 24.7 Å². The fourth-order valence-electron chi connectivity index (χ4n) is 1.52. The maximum atomic E-state index is 11.5. The van der Waals surface area contributed by atoms with E-state index in [1.165, 1.54) is 18.8 Å². The highest BCUT2D eigenvalue weighted by Gasteiger charge is 1.99. The van der Waals surface area contributed by atoms with E-state index in [4.69, 9.17) is 4.74 Å². The molecular weight excluding hydrogens is 266 g/mol. The molecule has 0 saturated carbocycles. The van der Waals surface area contributed by atoms with Gasteiger partial charge in [0.25, 0.3) is 0 Å². The predicted molar refractivity (Wildman–Crippen MR) is 85.3 cm³/mol. The smallest absolute Gasteiger partial charge is 0.244 e. The number of rotatable bonds is 6. The summed E-state index contributed by atoms with van der Waals surface area (Å²) in [6, 6.07) is 5.04. The first-order valence-corrected chi connectivity index (χ1v) is 6.66. The first-order valence-electron chi connectivity index (χ1n) is 6.66. The number of benzene rings is 1. The van der Waals surface area contributed by atoms with Gasteiger partial charge in [0, 0.05) is 12.6 Å². The van der Waals surface area contributed by atoms with Crippen LogP contribution in [0.25, 0.3) is 6.08 Å². The summed E-state index contributed by atoms with van der Waals surface area (Å²) in [5.41, 5.74) is 2.04. The lowest BCUT2D eigenvalue weighted by atomic mass is 10.2. The fourth-order valence-corrected chi connectivity index (χ4v) is 1.52.